The number of carbonyl (C=O) groups is 1. The van der Waals surface area contributed by atoms with Gasteiger partial charge >= 0.3 is 0 Å². The van der Waals surface area contributed by atoms with Crippen molar-refractivity contribution in [1.29, 1.82) is 0 Å². The molecule has 5 heteroatoms. The van der Waals surface area contributed by atoms with Crippen molar-refractivity contribution >= 4 is 5.91 Å². The first-order valence-electron chi connectivity index (χ1n) is 7.32. The summed E-state index contributed by atoms with van der Waals surface area (Å²) in [5.74, 6) is 0.830. The monoisotopic (exact) mass is 262 g/mol. The number of aromatic nitrogens is 2. The lowest BCUT2D eigenvalue weighted by Gasteiger charge is -2.37. The minimum absolute atomic E-state index is 0.104. The largest absolute Gasteiger partial charge is 0.335 e. The number of imidazole rings is 1. The summed E-state index contributed by atoms with van der Waals surface area (Å²) in [5.41, 5.74) is 6.09. The maximum absolute atomic E-state index is 12.6. The molecule has 2 N–H and O–H groups in total. The van der Waals surface area contributed by atoms with Gasteiger partial charge in [0.1, 0.15) is 5.69 Å². The van der Waals surface area contributed by atoms with Crippen LogP contribution in [0.1, 0.15) is 42.6 Å². The molecule has 2 unspecified atom stereocenters. The molecule has 2 fully saturated rings. The number of likely N-dealkylation sites (tertiary alicyclic amines) is 1. The van der Waals surface area contributed by atoms with Crippen LogP contribution in [-0.4, -0.2) is 39.5 Å². The van der Waals surface area contributed by atoms with Crippen molar-refractivity contribution in [3.05, 3.63) is 18.2 Å². The first-order valence-corrected chi connectivity index (χ1v) is 7.32. The summed E-state index contributed by atoms with van der Waals surface area (Å²) in [5, 5.41) is 0. The van der Waals surface area contributed by atoms with E-state index >= 15 is 0 Å². The van der Waals surface area contributed by atoms with Crippen molar-refractivity contribution in [2.24, 2.45) is 11.7 Å². The number of nitrogens with two attached hydrogens (primary N) is 1. The van der Waals surface area contributed by atoms with E-state index in [4.69, 9.17) is 5.73 Å². The molecule has 1 saturated carbocycles. The Morgan fingerprint density at radius 1 is 1.37 bits per heavy atom. The average Bonchev–Trinajstić information content (AvgIpc) is 3.06. The van der Waals surface area contributed by atoms with Gasteiger partial charge in [-0.1, -0.05) is 6.42 Å². The normalized spacial score (nSPS) is 26.5. The van der Waals surface area contributed by atoms with Crippen LogP contribution in [0.5, 0.6) is 0 Å². The lowest BCUT2D eigenvalue weighted by Crippen LogP contribution is -2.46. The third-order valence-electron chi connectivity index (χ3n) is 4.49. The van der Waals surface area contributed by atoms with E-state index in [1.165, 1.54) is 25.7 Å². The van der Waals surface area contributed by atoms with Crippen LogP contribution in [0.4, 0.5) is 0 Å². The molecule has 1 aromatic heterocycles. The van der Waals surface area contributed by atoms with Crippen LogP contribution in [0.2, 0.25) is 0 Å². The van der Waals surface area contributed by atoms with Crippen molar-refractivity contribution in [3.63, 3.8) is 0 Å². The van der Waals surface area contributed by atoms with Crippen molar-refractivity contribution < 1.29 is 4.79 Å². The molecular formula is C14H22N4O. The van der Waals surface area contributed by atoms with Gasteiger partial charge in [-0.25, -0.2) is 4.98 Å². The minimum Gasteiger partial charge on any atom is -0.335 e. The van der Waals surface area contributed by atoms with E-state index in [1.54, 1.807) is 6.33 Å². The fraction of sp³-hybridized carbons (Fsp3) is 0.714. The summed E-state index contributed by atoms with van der Waals surface area (Å²) in [4.78, 5) is 18.9. The number of amides is 1. The van der Waals surface area contributed by atoms with E-state index in [1.807, 2.05) is 10.8 Å². The zero-order chi connectivity index (χ0) is 13.2. The Hall–Kier alpha value is -1.36. The molecule has 2 heterocycles. The van der Waals surface area contributed by atoms with E-state index in [9.17, 15) is 4.79 Å². The Morgan fingerprint density at radius 2 is 2.21 bits per heavy atom. The summed E-state index contributed by atoms with van der Waals surface area (Å²) >= 11 is 0. The van der Waals surface area contributed by atoms with Crippen molar-refractivity contribution in [3.8, 4) is 0 Å². The van der Waals surface area contributed by atoms with Crippen LogP contribution < -0.4 is 5.73 Å². The standard InChI is InChI=1S/C14H22N4O/c15-6-8-17-9-12(16-10-17)14(19)18-7-2-4-11-3-1-5-13(11)18/h9-11,13H,1-8,15H2. The highest BCUT2D eigenvalue weighted by Gasteiger charge is 2.37. The molecule has 1 aliphatic carbocycles. The summed E-state index contributed by atoms with van der Waals surface area (Å²) < 4.78 is 1.89. The van der Waals surface area contributed by atoms with E-state index in [0.29, 0.717) is 24.8 Å². The quantitative estimate of drug-likeness (QED) is 0.891. The van der Waals surface area contributed by atoms with E-state index < -0.39 is 0 Å². The molecule has 0 spiro atoms. The van der Waals surface area contributed by atoms with E-state index in [0.717, 1.165) is 18.9 Å². The van der Waals surface area contributed by atoms with Gasteiger partial charge in [-0.15, -0.1) is 0 Å². The highest BCUT2D eigenvalue weighted by molar-refractivity contribution is 5.92. The number of nitrogens with zero attached hydrogens (tertiary/aromatic N) is 3. The Kier molecular flexibility index (Phi) is 3.55. The summed E-state index contributed by atoms with van der Waals surface area (Å²) in [6, 6.07) is 0.459. The second-order valence-corrected chi connectivity index (χ2v) is 5.68. The molecule has 104 valence electrons. The molecule has 0 aromatic carbocycles. The molecule has 2 aliphatic rings. The topological polar surface area (TPSA) is 64.2 Å². The van der Waals surface area contributed by atoms with Crippen LogP contribution in [0.15, 0.2) is 12.5 Å². The lowest BCUT2D eigenvalue weighted by molar-refractivity contribution is 0.0543. The predicted molar refractivity (Wildman–Crippen MR) is 72.7 cm³/mol. The summed E-state index contributed by atoms with van der Waals surface area (Å²) in [6.07, 6.45) is 9.67. The molecule has 5 nitrogen and oxygen atoms in total. The summed E-state index contributed by atoms with van der Waals surface area (Å²) in [7, 11) is 0. The highest BCUT2D eigenvalue weighted by Crippen LogP contribution is 2.37. The molecular weight excluding hydrogens is 240 g/mol. The van der Waals surface area contributed by atoms with Gasteiger partial charge in [0, 0.05) is 31.9 Å². The summed E-state index contributed by atoms with van der Waals surface area (Å²) in [6.45, 7) is 2.18. The van der Waals surface area contributed by atoms with Crippen LogP contribution >= 0.6 is 0 Å². The molecule has 3 rings (SSSR count). The number of hydrogen-bond acceptors (Lipinski definition) is 3. The van der Waals surface area contributed by atoms with Gasteiger partial charge in [-0.05, 0) is 31.6 Å². The van der Waals surface area contributed by atoms with Gasteiger partial charge in [0.25, 0.3) is 5.91 Å². The molecule has 19 heavy (non-hydrogen) atoms. The zero-order valence-corrected chi connectivity index (χ0v) is 11.3. The van der Waals surface area contributed by atoms with Crippen LogP contribution in [0.3, 0.4) is 0 Å². The number of carbonyl (C=O) groups excluding carboxylic acids is 1. The zero-order valence-electron chi connectivity index (χ0n) is 11.3. The third kappa shape index (κ3) is 2.39. The maximum atomic E-state index is 12.6. The van der Waals surface area contributed by atoms with E-state index in [2.05, 4.69) is 9.88 Å². The first-order chi connectivity index (χ1) is 9.29. The smallest absolute Gasteiger partial charge is 0.274 e. The Morgan fingerprint density at radius 3 is 3.05 bits per heavy atom. The number of fused-ring (bicyclic) bond motifs is 1. The van der Waals surface area contributed by atoms with Crippen LogP contribution in [0.25, 0.3) is 0 Å². The van der Waals surface area contributed by atoms with Gasteiger partial charge < -0.3 is 15.2 Å². The van der Waals surface area contributed by atoms with Gasteiger partial charge in [0.05, 0.1) is 6.33 Å². The van der Waals surface area contributed by atoms with Gasteiger partial charge in [0.2, 0.25) is 0 Å². The molecule has 1 saturated heterocycles. The number of rotatable bonds is 3. The molecule has 2 atom stereocenters. The molecule has 0 bridgehead atoms. The Bertz CT molecular complexity index is 456. The Balaban J connectivity index is 1.74. The number of piperidine rings is 1. The van der Waals surface area contributed by atoms with Crippen LogP contribution in [0, 0.1) is 5.92 Å². The second kappa shape index (κ2) is 5.33. The highest BCUT2D eigenvalue weighted by atomic mass is 16.2. The molecule has 1 aromatic rings. The lowest BCUT2D eigenvalue weighted by atomic mass is 9.92. The van der Waals surface area contributed by atoms with Gasteiger partial charge in [-0.3, -0.25) is 4.79 Å². The van der Waals surface area contributed by atoms with Gasteiger partial charge in [0.15, 0.2) is 0 Å². The van der Waals surface area contributed by atoms with Crippen molar-refractivity contribution in [1.82, 2.24) is 14.5 Å². The minimum atomic E-state index is 0.104. The third-order valence-corrected chi connectivity index (χ3v) is 4.49. The fourth-order valence-corrected chi connectivity index (χ4v) is 3.60. The molecule has 1 aliphatic heterocycles. The van der Waals surface area contributed by atoms with E-state index in [-0.39, 0.29) is 5.91 Å². The Labute approximate surface area is 113 Å². The molecule has 0 radical (unpaired) electrons. The maximum Gasteiger partial charge on any atom is 0.274 e. The van der Waals surface area contributed by atoms with Crippen LogP contribution in [-0.2, 0) is 6.54 Å². The van der Waals surface area contributed by atoms with Crippen molar-refractivity contribution in [2.45, 2.75) is 44.7 Å². The predicted octanol–water partition coefficient (Wildman–Crippen LogP) is 1.25. The SMILES string of the molecule is NCCn1cnc(C(=O)N2CCCC3CCCC32)c1. The first kappa shape index (κ1) is 12.7. The number of hydrogen-bond donors (Lipinski definition) is 1. The fourth-order valence-electron chi connectivity index (χ4n) is 3.60. The van der Waals surface area contributed by atoms with Crippen molar-refractivity contribution in [2.75, 3.05) is 13.1 Å². The second-order valence-electron chi connectivity index (χ2n) is 5.68. The van der Waals surface area contributed by atoms with Gasteiger partial charge in [-0.2, -0.15) is 0 Å². The average molecular weight is 262 g/mol. The molecule has 1 amide bonds.